The molecule has 0 aromatic heterocycles. The minimum absolute atomic E-state index is 0.350. The van der Waals surface area contributed by atoms with Gasteiger partial charge in [0.25, 0.3) is 0 Å². The highest BCUT2D eigenvalue weighted by Gasteiger charge is 2.24. The molecule has 0 amide bonds. The van der Waals surface area contributed by atoms with Crippen molar-refractivity contribution in [2.24, 2.45) is 0 Å². The number of hydrogen-bond donors (Lipinski definition) is 1. The summed E-state index contributed by atoms with van der Waals surface area (Å²) in [6.07, 6.45) is 1.08. The highest BCUT2D eigenvalue weighted by molar-refractivity contribution is 5.70. The Morgan fingerprint density at radius 2 is 2.36 bits per heavy atom. The Hall–Kier alpha value is -1.35. The third-order valence-corrected chi connectivity index (χ3v) is 2.43. The van der Waals surface area contributed by atoms with Crippen LogP contribution in [-0.2, 0) is 11.2 Å². The lowest BCUT2D eigenvalue weighted by atomic mass is 10.1. The smallest absolute Gasteiger partial charge is 0.308 e. The third-order valence-electron chi connectivity index (χ3n) is 2.43. The van der Waals surface area contributed by atoms with Gasteiger partial charge in [-0.1, -0.05) is 12.1 Å². The Labute approximate surface area is 82.3 Å². The van der Waals surface area contributed by atoms with Crippen LogP contribution in [0.1, 0.15) is 30.6 Å². The lowest BCUT2D eigenvalue weighted by molar-refractivity contribution is -0.131. The van der Waals surface area contributed by atoms with Crippen LogP contribution >= 0.6 is 0 Å². The number of rotatable bonds is 1. The summed E-state index contributed by atoms with van der Waals surface area (Å²) in [7, 11) is 0. The molecule has 1 N–H and O–H groups in total. The second-order valence-electron chi connectivity index (χ2n) is 3.48. The molecular formula is C11H12O3. The third kappa shape index (κ3) is 1.51. The molecule has 0 saturated heterocycles. The number of benzene rings is 1. The maximum atomic E-state index is 10.8. The van der Waals surface area contributed by atoms with Crippen molar-refractivity contribution in [1.82, 2.24) is 0 Å². The zero-order chi connectivity index (χ0) is 10.1. The van der Waals surface area contributed by atoms with Crippen molar-refractivity contribution in [2.45, 2.75) is 25.9 Å². The molecule has 0 bridgehead atoms. The summed E-state index contributed by atoms with van der Waals surface area (Å²) < 4.78 is 5.03. The van der Waals surface area contributed by atoms with Gasteiger partial charge in [-0.25, -0.2) is 0 Å². The molecule has 1 atom stereocenters. The summed E-state index contributed by atoms with van der Waals surface area (Å²) in [5.74, 6) is 0.150. The molecule has 1 aromatic carbocycles. The fourth-order valence-corrected chi connectivity index (χ4v) is 1.87. The van der Waals surface area contributed by atoms with Crippen LogP contribution in [0.4, 0.5) is 0 Å². The van der Waals surface area contributed by atoms with Gasteiger partial charge < -0.3 is 9.84 Å². The molecule has 3 nitrogen and oxygen atoms in total. The fourth-order valence-electron chi connectivity index (χ4n) is 1.87. The molecule has 0 aliphatic heterocycles. The number of ether oxygens (including phenoxy) is 1. The molecule has 0 spiro atoms. The van der Waals surface area contributed by atoms with E-state index in [4.69, 9.17) is 4.74 Å². The molecule has 2 rings (SSSR count). The van der Waals surface area contributed by atoms with Crippen LogP contribution in [0.25, 0.3) is 0 Å². The maximum Gasteiger partial charge on any atom is 0.308 e. The topological polar surface area (TPSA) is 46.5 Å². The quantitative estimate of drug-likeness (QED) is 0.543. The molecule has 0 radical (unpaired) electrons. The highest BCUT2D eigenvalue weighted by atomic mass is 16.5. The van der Waals surface area contributed by atoms with E-state index < -0.39 is 6.10 Å². The average Bonchev–Trinajstić information content (AvgIpc) is 2.48. The summed E-state index contributed by atoms with van der Waals surface area (Å²) in [6.45, 7) is 1.36. The lowest BCUT2D eigenvalue weighted by Gasteiger charge is -2.10. The van der Waals surface area contributed by atoms with Crippen LogP contribution in [0, 0.1) is 0 Å². The fraction of sp³-hybridized carbons (Fsp3) is 0.364. The van der Waals surface area contributed by atoms with Crippen LogP contribution in [0.2, 0.25) is 0 Å². The number of fused-ring (bicyclic) bond motifs is 1. The van der Waals surface area contributed by atoms with Crippen molar-refractivity contribution in [1.29, 1.82) is 0 Å². The molecule has 1 aromatic rings. The van der Waals surface area contributed by atoms with Gasteiger partial charge in [0.2, 0.25) is 0 Å². The van der Waals surface area contributed by atoms with E-state index in [9.17, 15) is 9.90 Å². The zero-order valence-electron chi connectivity index (χ0n) is 7.99. The number of esters is 1. The van der Waals surface area contributed by atoms with Gasteiger partial charge >= 0.3 is 5.97 Å². The molecule has 74 valence electrons. The Morgan fingerprint density at radius 3 is 3.07 bits per heavy atom. The average molecular weight is 192 g/mol. The molecule has 14 heavy (non-hydrogen) atoms. The second kappa shape index (κ2) is 3.42. The first-order valence-corrected chi connectivity index (χ1v) is 4.67. The van der Waals surface area contributed by atoms with Crippen LogP contribution < -0.4 is 4.74 Å². The van der Waals surface area contributed by atoms with Crippen molar-refractivity contribution < 1.29 is 14.6 Å². The van der Waals surface area contributed by atoms with E-state index in [2.05, 4.69) is 0 Å². The van der Waals surface area contributed by atoms with Gasteiger partial charge in [-0.05, 0) is 24.5 Å². The van der Waals surface area contributed by atoms with E-state index in [1.807, 2.05) is 12.1 Å². The number of aliphatic hydroxyl groups excluding tert-OH is 1. The standard InChI is InChI=1S/C11H12O3/c1-7(12)14-10-4-2-3-8-5-6-9(13)11(8)10/h2-4,9,13H,5-6H2,1H3. The van der Waals surface area contributed by atoms with E-state index in [-0.39, 0.29) is 5.97 Å². The van der Waals surface area contributed by atoms with Crippen LogP contribution in [0.15, 0.2) is 18.2 Å². The molecular weight excluding hydrogens is 180 g/mol. The molecule has 1 aliphatic rings. The van der Waals surface area contributed by atoms with Gasteiger partial charge in [-0.15, -0.1) is 0 Å². The zero-order valence-corrected chi connectivity index (χ0v) is 7.99. The van der Waals surface area contributed by atoms with E-state index in [1.165, 1.54) is 6.92 Å². The maximum absolute atomic E-state index is 10.8. The Balaban J connectivity index is 2.41. The summed E-state index contributed by atoms with van der Waals surface area (Å²) in [6, 6.07) is 5.52. The molecule has 0 saturated carbocycles. The number of hydrogen-bond acceptors (Lipinski definition) is 3. The second-order valence-corrected chi connectivity index (χ2v) is 3.48. The Morgan fingerprint density at radius 1 is 1.57 bits per heavy atom. The first-order valence-electron chi connectivity index (χ1n) is 4.67. The van der Waals surface area contributed by atoms with E-state index >= 15 is 0 Å². The van der Waals surface area contributed by atoms with Crippen LogP contribution in [0.3, 0.4) is 0 Å². The number of carbonyl (C=O) groups is 1. The molecule has 0 heterocycles. The first kappa shape index (κ1) is 9.21. The molecule has 1 unspecified atom stereocenters. The minimum atomic E-state index is -0.486. The summed E-state index contributed by atoms with van der Waals surface area (Å²) >= 11 is 0. The van der Waals surface area contributed by atoms with Gasteiger partial charge in [0.1, 0.15) is 5.75 Å². The molecule has 1 aliphatic carbocycles. The van der Waals surface area contributed by atoms with Gasteiger partial charge in [0.15, 0.2) is 0 Å². The van der Waals surface area contributed by atoms with Crippen LogP contribution in [-0.4, -0.2) is 11.1 Å². The SMILES string of the molecule is CC(=O)Oc1cccc2c1C(O)CC2. The molecule has 0 fully saturated rings. The van der Waals surface area contributed by atoms with E-state index in [1.54, 1.807) is 6.07 Å². The number of aryl methyl sites for hydroxylation is 1. The largest absolute Gasteiger partial charge is 0.426 e. The predicted octanol–water partition coefficient (Wildman–Crippen LogP) is 1.59. The van der Waals surface area contributed by atoms with Gasteiger partial charge in [-0.2, -0.15) is 0 Å². The van der Waals surface area contributed by atoms with Crippen molar-refractivity contribution in [2.75, 3.05) is 0 Å². The van der Waals surface area contributed by atoms with Crippen molar-refractivity contribution >= 4 is 5.97 Å². The first-order chi connectivity index (χ1) is 6.68. The van der Waals surface area contributed by atoms with Crippen LogP contribution in [0.5, 0.6) is 5.75 Å². The van der Waals surface area contributed by atoms with E-state index in [0.717, 1.165) is 17.5 Å². The lowest BCUT2D eigenvalue weighted by Crippen LogP contribution is -2.05. The van der Waals surface area contributed by atoms with Gasteiger partial charge in [-0.3, -0.25) is 4.79 Å². The van der Waals surface area contributed by atoms with E-state index in [0.29, 0.717) is 12.2 Å². The summed E-state index contributed by atoms with van der Waals surface area (Å²) in [4.78, 5) is 10.8. The molecule has 3 heteroatoms. The van der Waals surface area contributed by atoms with Crippen molar-refractivity contribution in [3.05, 3.63) is 29.3 Å². The predicted molar refractivity (Wildman–Crippen MR) is 51.0 cm³/mol. The van der Waals surface area contributed by atoms with Crippen molar-refractivity contribution in [3.8, 4) is 5.75 Å². The summed E-state index contributed by atoms with van der Waals surface area (Å²) in [5.41, 5.74) is 1.86. The van der Waals surface area contributed by atoms with Crippen molar-refractivity contribution in [3.63, 3.8) is 0 Å². The normalized spacial score (nSPS) is 19.1. The van der Waals surface area contributed by atoms with Gasteiger partial charge in [0, 0.05) is 12.5 Å². The van der Waals surface area contributed by atoms with Gasteiger partial charge in [0.05, 0.1) is 6.10 Å². The Kier molecular flexibility index (Phi) is 2.25. The highest BCUT2D eigenvalue weighted by Crippen LogP contribution is 2.37. The summed E-state index contributed by atoms with van der Waals surface area (Å²) in [5, 5.41) is 9.68. The number of aliphatic hydroxyl groups is 1. The Bertz CT molecular complexity index is 371. The minimum Gasteiger partial charge on any atom is -0.426 e. The number of carbonyl (C=O) groups excluding carboxylic acids is 1. The monoisotopic (exact) mass is 192 g/mol.